The number of rotatable bonds is 6. The summed E-state index contributed by atoms with van der Waals surface area (Å²) in [6, 6.07) is 7.62. The predicted octanol–water partition coefficient (Wildman–Crippen LogP) is 2.54. The van der Waals surface area contributed by atoms with Crippen LogP contribution in [-0.4, -0.2) is 17.6 Å². The molecule has 1 rings (SSSR count). The molecule has 0 aliphatic carbocycles. The zero-order valence-electron chi connectivity index (χ0n) is 9.24. The average molecular weight is 242 g/mol. The van der Waals surface area contributed by atoms with E-state index in [1.54, 1.807) is 6.92 Å². The van der Waals surface area contributed by atoms with Crippen LogP contribution in [0.1, 0.15) is 18.9 Å². The first kappa shape index (κ1) is 13.0. The third kappa shape index (κ3) is 4.64. The Morgan fingerprint density at radius 2 is 2.31 bits per heavy atom. The highest BCUT2D eigenvalue weighted by Crippen LogP contribution is 2.10. The number of hydrogen-bond donors (Lipinski definition) is 2. The van der Waals surface area contributed by atoms with Gasteiger partial charge in [0.05, 0.1) is 5.92 Å². The van der Waals surface area contributed by atoms with Crippen molar-refractivity contribution in [2.24, 2.45) is 5.92 Å². The van der Waals surface area contributed by atoms with Crippen LogP contribution in [0, 0.1) is 5.92 Å². The molecule has 0 saturated heterocycles. The van der Waals surface area contributed by atoms with E-state index in [1.807, 2.05) is 24.3 Å². The van der Waals surface area contributed by atoms with Crippen LogP contribution in [0.2, 0.25) is 5.02 Å². The molecule has 88 valence electrons. The molecule has 1 aromatic rings. The van der Waals surface area contributed by atoms with Gasteiger partial charge >= 0.3 is 5.97 Å². The topological polar surface area (TPSA) is 49.3 Å². The number of halogens is 1. The van der Waals surface area contributed by atoms with Gasteiger partial charge in [0.15, 0.2) is 0 Å². The van der Waals surface area contributed by atoms with Gasteiger partial charge in [0, 0.05) is 11.6 Å². The minimum absolute atomic E-state index is 0.299. The highest BCUT2D eigenvalue weighted by Gasteiger charge is 2.09. The van der Waals surface area contributed by atoms with Crippen LogP contribution in [0.25, 0.3) is 0 Å². The third-order valence-corrected chi connectivity index (χ3v) is 2.63. The quantitative estimate of drug-likeness (QED) is 0.753. The number of hydrogen-bond acceptors (Lipinski definition) is 2. The highest BCUT2D eigenvalue weighted by molar-refractivity contribution is 6.30. The van der Waals surface area contributed by atoms with Crippen LogP contribution in [0.15, 0.2) is 24.3 Å². The lowest BCUT2D eigenvalue weighted by Gasteiger charge is -2.07. The molecule has 16 heavy (non-hydrogen) atoms. The molecule has 0 heterocycles. The van der Waals surface area contributed by atoms with Crippen molar-refractivity contribution in [3.63, 3.8) is 0 Å². The molecule has 2 N–H and O–H groups in total. The molecule has 0 aliphatic rings. The molecule has 0 spiro atoms. The van der Waals surface area contributed by atoms with E-state index in [0.29, 0.717) is 19.5 Å². The van der Waals surface area contributed by atoms with Crippen molar-refractivity contribution in [3.8, 4) is 0 Å². The van der Waals surface area contributed by atoms with Crippen molar-refractivity contribution in [3.05, 3.63) is 34.9 Å². The summed E-state index contributed by atoms with van der Waals surface area (Å²) in [6.07, 6.45) is 0.635. The number of carboxylic acid groups (broad SMARTS) is 1. The lowest BCUT2D eigenvalue weighted by Crippen LogP contribution is -2.20. The van der Waals surface area contributed by atoms with Crippen LogP contribution in [0.4, 0.5) is 0 Å². The maximum absolute atomic E-state index is 10.6. The van der Waals surface area contributed by atoms with Crippen molar-refractivity contribution in [1.29, 1.82) is 0 Å². The van der Waals surface area contributed by atoms with E-state index in [2.05, 4.69) is 5.32 Å². The monoisotopic (exact) mass is 241 g/mol. The molecule has 1 aromatic carbocycles. The Morgan fingerprint density at radius 1 is 1.56 bits per heavy atom. The average Bonchev–Trinajstić information content (AvgIpc) is 2.24. The second-order valence-electron chi connectivity index (χ2n) is 3.83. The standard InChI is InChI=1S/C12H16ClNO2/c1-9(12(15)16)5-6-14-8-10-3-2-4-11(13)7-10/h2-4,7,9,14H,5-6,8H2,1H3,(H,15,16). The fraction of sp³-hybridized carbons (Fsp3) is 0.417. The minimum Gasteiger partial charge on any atom is -0.481 e. The maximum Gasteiger partial charge on any atom is 0.306 e. The molecule has 3 nitrogen and oxygen atoms in total. The largest absolute Gasteiger partial charge is 0.481 e. The summed E-state index contributed by atoms with van der Waals surface area (Å²) in [5.74, 6) is -1.04. The Hall–Kier alpha value is -1.06. The van der Waals surface area contributed by atoms with Gasteiger partial charge in [0.25, 0.3) is 0 Å². The summed E-state index contributed by atoms with van der Waals surface area (Å²) in [6.45, 7) is 3.12. The smallest absolute Gasteiger partial charge is 0.306 e. The Balaban J connectivity index is 2.23. The first-order valence-electron chi connectivity index (χ1n) is 5.27. The van der Waals surface area contributed by atoms with Gasteiger partial charge in [-0.15, -0.1) is 0 Å². The summed E-state index contributed by atoms with van der Waals surface area (Å²) in [4.78, 5) is 10.6. The van der Waals surface area contributed by atoms with Crippen molar-refractivity contribution in [2.75, 3.05) is 6.54 Å². The number of carbonyl (C=O) groups is 1. The molecule has 0 amide bonds. The van der Waals surface area contributed by atoms with E-state index in [-0.39, 0.29) is 5.92 Å². The van der Waals surface area contributed by atoms with Crippen LogP contribution in [0.3, 0.4) is 0 Å². The zero-order chi connectivity index (χ0) is 12.0. The van der Waals surface area contributed by atoms with Crippen molar-refractivity contribution in [1.82, 2.24) is 5.32 Å². The van der Waals surface area contributed by atoms with Gasteiger partial charge in [-0.25, -0.2) is 0 Å². The van der Waals surface area contributed by atoms with E-state index in [9.17, 15) is 4.79 Å². The van der Waals surface area contributed by atoms with Gasteiger partial charge in [-0.05, 0) is 30.7 Å². The molecule has 0 fully saturated rings. The van der Waals surface area contributed by atoms with E-state index in [4.69, 9.17) is 16.7 Å². The number of carboxylic acids is 1. The van der Waals surface area contributed by atoms with Crippen LogP contribution < -0.4 is 5.32 Å². The summed E-state index contributed by atoms with van der Waals surface area (Å²) in [7, 11) is 0. The van der Waals surface area contributed by atoms with E-state index in [1.165, 1.54) is 0 Å². The fourth-order valence-electron chi connectivity index (χ4n) is 1.32. The summed E-state index contributed by atoms with van der Waals surface area (Å²) in [5, 5.41) is 12.6. The Bertz CT molecular complexity index is 355. The maximum atomic E-state index is 10.6. The summed E-state index contributed by atoms with van der Waals surface area (Å²) >= 11 is 5.84. The number of nitrogens with one attached hydrogen (secondary N) is 1. The summed E-state index contributed by atoms with van der Waals surface area (Å²) in [5.41, 5.74) is 1.11. The molecule has 4 heteroatoms. The van der Waals surface area contributed by atoms with Crippen LogP contribution in [0.5, 0.6) is 0 Å². The molecule has 1 atom stereocenters. The third-order valence-electron chi connectivity index (χ3n) is 2.39. The fourth-order valence-corrected chi connectivity index (χ4v) is 1.53. The first-order chi connectivity index (χ1) is 7.59. The molecule has 0 aliphatic heterocycles. The van der Waals surface area contributed by atoms with Crippen LogP contribution in [-0.2, 0) is 11.3 Å². The SMILES string of the molecule is CC(CCNCc1cccc(Cl)c1)C(=O)O. The second kappa shape index (κ2) is 6.51. The molecule has 0 radical (unpaired) electrons. The summed E-state index contributed by atoms with van der Waals surface area (Å²) < 4.78 is 0. The van der Waals surface area contributed by atoms with E-state index >= 15 is 0 Å². The molecular weight excluding hydrogens is 226 g/mol. The predicted molar refractivity (Wildman–Crippen MR) is 64.6 cm³/mol. The molecule has 1 unspecified atom stereocenters. The zero-order valence-corrected chi connectivity index (χ0v) is 10.00. The Morgan fingerprint density at radius 3 is 2.94 bits per heavy atom. The van der Waals surface area contributed by atoms with Gasteiger partial charge in [-0.1, -0.05) is 30.7 Å². The highest BCUT2D eigenvalue weighted by atomic mass is 35.5. The Kier molecular flexibility index (Phi) is 5.29. The van der Waals surface area contributed by atoms with Gasteiger partial charge < -0.3 is 10.4 Å². The Labute approximate surface area is 100 Å². The van der Waals surface area contributed by atoms with E-state index < -0.39 is 5.97 Å². The molecule has 0 saturated carbocycles. The second-order valence-corrected chi connectivity index (χ2v) is 4.27. The van der Waals surface area contributed by atoms with Gasteiger partial charge in [0.1, 0.15) is 0 Å². The van der Waals surface area contributed by atoms with Gasteiger partial charge in [-0.2, -0.15) is 0 Å². The molecule has 0 bridgehead atoms. The first-order valence-corrected chi connectivity index (χ1v) is 5.65. The van der Waals surface area contributed by atoms with Gasteiger partial charge in [0.2, 0.25) is 0 Å². The van der Waals surface area contributed by atoms with Crippen molar-refractivity contribution >= 4 is 17.6 Å². The van der Waals surface area contributed by atoms with Crippen molar-refractivity contribution in [2.45, 2.75) is 19.9 Å². The lowest BCUT2D eigenvalue weighted by molar-refractivity contribution is -0.141. The normalized spacial score (nSPS) is 12.4. The lowest BCUT2D eigenvalue weighted by atomic mass is 10.1. The number of benzene rings is 1. The van der Waals surface area contributed by atoms with E-state index in [0.717, 1.165) is 10.6 Å². The molecular formula is C12H16ClNO2. The van der Waals surface area contributed by atoms with Crippen LogP contribution >= 0.6 is 11.6 Å². The molecule has 0 aromatic heterocycles. The van der Waals surface area contributed by atoms with Gasteiger partial charge in [-0.3, -0.25) is 4.79 Å². The number of aliphatic carboxylic acids is 1. The minimum atomic E-state index is -0.746. The van der Waals surface area contributed by atoms with Crippen molar-refractivity contribution < 1.29 is 9.90 Å².